The van der Waals surface area contributed by atoms with E-state index in [4.69, 9.17) is 20.4 Å². The molecule has 0 aliphatic heterocycles. The Bertz CT molecular complexity index is 619. The van der Waals surface area contributed by atoms with E-state index in [1.54, 1.807) is 0 Å². The van der Waals surface area contributed by atoms with Crippen molar-refractivity contribution in [2.24, 2.45) is 0 Å². The van der Waals surface area contributed by atoms with Crippen molar-refractivity contribution in [1.29, 1.82) is 0 Å². The normalized spacial score (nSPS) is 10.6. The fraction of sp³-hybridized carbons (Fsp3) is 0.961. The van der Waals surface area contributed by atoms with Crippen LogP contribution in [0.3, 0.4) is 0 Å². The van der Waals surface area contributed by atoms with Gasteiger partial charge in [-0.1, -0.05) is 265 Å². The summed E-state index contributed by atoms with van der Waals surface area (Å²) in [7, 11) is 0. The van der Waals surface area contributed by atoms with Crippen LogP contribution in [0, 0.1) is 0 Å². The van der Waals surface area contributed by atoms with Gasteiger partial charge < -0.3 is 20.4 Å². The zero-order chi connectivity index (χ0) is 43.0. The Kier molecular flexibility index (Phi) is 70.2. The molecule has 0 unspecified atom stereocenters. The maximum Gasteiger partial charge on any atom is 0.303 e. The zero-order valence-electron chi connectivity index (χ0n) is 39.4. The highest BCUT2D eigenvalue weighted by molar-refractivity contribution is 5.66. The van der Waals surface area contributed by atoms with Gasteiger partial charge in [0.25, 0.3) is 0 Å². The van der Waals surface area contributed by atoms with Gasteiger partial charge in [0.05, 0.1) is 0 Å². The van der Waals surface area contributed by atoms with Gasteiger partial charge in [-0.2, -0.15) is 0 Å². The Morgan fingerprint density at radius 3 is 0.544 bits per heavy atom. The molecule has 6 heteroatoms. The second-order valence-corrected chi connectivity index (χ2v) is 16.8. The van der Waals surface area contributed by atoms with E-state index in [2.05, 4.69) is 27.7 Å². The minimum Gasteiger partial charge on any atom is -0.481 e. The Labute approximate surface area is 358 Å². The topological polar surface area (TPSA) is 115 Å². The molecule has 0 fully saturated rings. The summed E-state index contributed by atoms with van der Waals surface area (Å²) in [5, 5.41) is 33.8. The van der Waals surface area contributed by atoms with E-state index in [-0.39, 0.29) is 0 Å². The molecule has 0 saturated carbocycles. The van der Waals surface area contributed by atoms with Crippen LogP contribution < -0.4 is 0 Å². The summed E-state index contributed by atoms with van der Waals surface area (Å²) in [6.45, 7) is 9.58. The van der Waals surface area contributed by atoms with Crippen LogP contribution in [-0.4, -0.2) is 45.6 Å². The highest BCUT2D eigenvalue weighted by Crippen LogP contribution is 2.15. The molecule has 0 radical (unpaired) electrons. The molecule has 4 N–H and O–H groups in total. The van der Waals surface area contributed by atoms with Gasteiger partial charge in [-0.15, -0.1) is 0 Å². The SMILES string of the molecule is CCCCCCC(=O)O.CCCCCCCC(=O)O.CCCCCCCCCCCCCCCCCCO.CCCCCCCCCCCCCCCCCCO. The molecule has 0 heterocycles. The number of rotatable bonds is 43. The molecule has 0 saturated heterocycles. The number of aliphatic carboxylic acids is 2. The van der Waals surface area contributed by atoms with E-state index in [1.807, 2.05) is 0 Å². The largest absolute Gasteiger partial charge is 0.481 e. The Hall–Kier alpha value is -1.14. The smallest absolute Gasteiger partial charge is 0.303 e. The van der Waals surface area contributed by atoms with Gasteiger partial charge in [-0.05, 0) is 25.7 Å². The van der Waals surface area contributed by atoms with Crippen LogP contribution in [0.1, 0.15) is 304 Å². The van der Waals surface area contributed by atoms with E-state index >= 15 is 0 Å². The average molecular weight is 815 g/mol. The molecule has 0 aliphatic carbocycles. The second kappa shape index (κ2) is 64.0. The van der Waals surface area contributed by atoms with Crippen molar-refractivity contribution in [2.45, 2.75) is 304 Å². The Morgan fingerprint density at radius 1 is 0.246 bits per heavy atom. The molecule has 0 bridgehead atoms. The quantitative estimate of drug-likeness (QED) is 0.0456. The van der Waals surface area contributed by atoms with Crippen LogP contribution in [0.2, 0.25) is 0 Å². The lowest BCUT2D eigenvalue weighted by Gasteiger charge is -2.03. The van der Waals surface area contributed by atoms with Gasteiger partial charge in [0.15, 0.2) is 0 Å². The molecule has 0 aromatic carbocycles. The van der Waals surface area contributed by atoms with Gasteiger partial charge in [-0.25, -0.2) is 0 Å². The van der Waals surface area contributed by atoms with Crippen LogP contribution in [0.4, 0.5) is 0 Å². The van der Waals surface area contributed by atoms with Crippen molar-refractivity contribution >= 4 is 11.9 Å². The molecule has 0 atom stereocenters. The standard InChI is InChI=1S/2C18H38O.C8H16O2.C7H14O2/c2*1-2-3-4-5-6-7-8-9-10-11-12-13-14-15-16-17-18-19;1-2-3-4-5-6-7-8(9)10;1-2-3-4-5-6-7(8)9/h2*19H,2-18H2,1H3;2-7H2,1H3,(H,9,10);2-6H2,1H3,(H,8,9). The van der Waals surface area contributed by atoms with E-state index in [1.165, 1.54) is 218 Å². The van der Waals surface area contributed by atoms with Gasteiger partial charge in [0.1, 0.15) is 0 Å². The summed E-state index contributed by atoms with van der Waals surface area (Å²) in [6, 6.07) is 0. The number of carboxylic acids is 2. The van der Waals surface area contributed by atoms with Crippen LogP contribution in [0.15, 0.2) is 0 Å². The first-order chi connectivity index (χ1) is 27.9. The lowest BCUT2D eigenvalue weighted by atomic mass is 10.0. The number of aliphatic hydroxyl groups is 2. The first kappa shape index (κ1) is 62.5. The number of carboxylic acid groups (broad SMARTS) is 2. The van der Waals surface area contributed by atoms with Gasteiger partial charge in [0, 0.05) is 26.1 Å². The number of hydrogen-bond acceptors (Lipinski definition) is 4. The number of carbonyl (C=O) groups is 2. The summed E-state index contributed by atoms with van der Waals surface area (Å²) in [6.07, 6.45) is 54.8. The van der Waals surface area contributed by atoms with Crippen molar-refractivity contribution in [3.63, 3.8) is 0 Å². The molecule has 0 aliphatic rings. The predicted octanol–water partition coefficient (Wildman–Crippen LogP) is 17.0. The monoisotopic (exact) mass is 815 g/mol. The maximum atomic E-state index is 10.0. The third-order valence-corrected chi connectivity index (χ3v) is 10.8. The van der Waals surface area contributed by atoms with Crippen molar-refractivity contribution < 1.29 is 30.0 Å². The molecule has 0 aromatic heterocycles. The summed E-state index contributed by atoms with van der Waals surface area (Å²) >= 11 is 0. The van der Waals surface area contributed by atoms with Gasteiger partial charge >= 0.3 is 11.9 Å². The third-order valence-electron chi connectivity index (χ3n) is 10.8. The number of hydrogen-bond donors (Lipinski definition) is 4. The lowest BCUT2D eigenvalue weighted by molar-refractivity contribution is -0.138. The lowest BCUT2D eigenvalue weighted by Crippen LogP contribution is -1.93. The Morgan fingerprint density at radius 2 is 0.386 bits per heavy atom. The van der Waals surface area contributed by atoms with Crippen molar-refractivity contribution in [3.8, 4) is 0 Å². The molecule has 0 spiro atoms. The van der Waals surface area contributed by atoms with Crippen molar-refractivity contribution in [1.82, 2.24) is 0 Å². The molecule has 6 nitrogen and oxygen atoms in total. The molecule has 0 aromatic rings. The zero-order valence-corrected chi connectivity index (χ0v) is 39.4. The number of unbranched alkanes of at least 4 members (excludes halogenated alkanes) is 37. The first-order valence-electron chi connectivity index (χ1n) is 25.5. The highest BCUT2D eigenvalue weighted by Gasteiger charge is 1.97. The Balaban J connectivity index is -0.000000346. The first-order valence-corrected chi connectivity index (χ1v) is 25.5. The van der Waals surface area contributed by atoms with Crippen molar-refractivity contribution in [2.75, 3.05) is 13.2 Å². The summed E-state index contributed by atoms with van der Waals surface area (Å²) < 4.78 is 0. The van der Waals surface area contributed by atoms with Crippen LogP contribution >= 0.6 is 0 Å². The predicted molar refractivity (Wildman–Crippen MR) is 251 cm³/mol. The summed E-state index contributed by atoms with van der Waals surface area (Å²) in [4.78, 5) is 20.0. The van der Waals surface area contributed by atoms with Crippen LogP contribution in [0.5, 0.6) is 0 Å². The average Bonchev–Trinajstić information content (AvgIpc) is 3.20. The van der Waals surface area contributed by atoms with E-state index in [0.717, 1.165) is 44.9 Å². The van der Waals surface area contributed by atoms with E-state index in [0.29, 0.717) is 26.1 Å². The third kappa shape index (κ3) is 79.7. The maximum absolute atomic E-state index is 10.0. The van der Waals surface area contributed by atoms with Gasteiger partial charge in [0.2, 0.25) is 0 Å². The minimum atomic E-state index is -0.675. The molecule has 57 heavy (non-hydrogen) atoms. The van der Waals surface area contributed by atoms with Gasteiger partial charge in [-0.3, -0.25) is 9.59 Å². The fourth-order valence-corrected chi connectivity index (χ4v) is 6.90. The minimum absolute atomic E-state index is 0.333. The summed E-state index contributed by atoms with van der Waals surface area (Å²) in [5.41, 5.74) is 0. The van der Waals surface area contributed by atoms with Crippen LogP contribution in [-0.2, 0) is 9.59 Å². The molecular formula is C51H106O6. The molecule has 346 valence electrons. The highest BCUT2D eigenvalue weighted by atomic mass is 16.4. The fourth-order valence-electron chi connectivity index (χ4n) is 6.90. The van der Waals surface area contributed by atoms with E-state index < -0.39 is 11.9 Å². The second-order valence-electron chi connectivity index (χ2n) is 16.8. The van der Waals surface area contributed by atoms with Crippen molar-refractivity contribution in [3.05, 3.63) is 0 Å². The number of aliphatic hydroxyl groups excluding tert-OH is 2. The summed E-state index contributed by atoms with van der Waals surface area (Å²) in [5.74, 6) is -1.34. The molecule has 0 rings (SSSR count). The molecular weight excluding hydrogens is 709 g/mol. The van der Waals surface area contributed by atoms with Crippen LogP contribution in [0.25, 0.3) is 0 Å². The molecule has 0 amide bonds. The van der Waals surface area contributed by atoms with E-state index in [9.17, 15) is 9.59 Å².